The van der Waals surface area contributed by atoms with E-state index in [1.54, 1.807) is 6.92 Å². The molecule has 0 aliphatic carbocycles. The summed E-state index contributed by atoms with van der Waals surface area (Å²) in [4.78, 5) is 11.5. The number of hydrogen-bond donors (Lipinski definition) is 1. The minimum absolute atomic E-state index is 0.0194. The van der Waals surface area contributed by atoms with E-state index >= 15 is 0 Å². The zero-order chi connectivity index (χ0) is 19.4. The summed E-state index contributed by atoms with van der Waals surface area (Å²) in [5.41, 5.74) is 0. The van der Waals surface area contributed by atoms with Crippen LogP contribution < -0.4 is 10.1 Å². The van der Waals surface area contributed by atoms with Gasteiger partial charge in [0.05, 0.1) is 41.4 Å². The van der Waals surface area contributed by atoms with Crippen molar-refractivity contribution in [2.75, 3.05) is 31.3 Å². The number of sulfone groups is 2. The Morgan fingerprint density at radius 1 is 1.15 bits per heavy atom. The van der Waals surface area contributed by atoms with Crippen LogP contribution in [-0.2, 0) is 29.2 Å². The Kier molecular flexibility index (Phi) is 6.64. The molecule has 0 spiro atoms. The molecular formula is C16H23NO7S2. The Morgan fingerprint density at radius 2 is 1.81 bits per heavy atom. The molecule has 1 fully saturated rings. The van der Waals surface area contributed by atoms with E-state index in [2.05, 4.69) is 5.32 Å². The molecule has 0 aromatic heterocycles. The van der Waals surface area contributed by atoms with Crippen molar-refractivity contribution in [3.8, 4) is 5.75 Å². The smallest absolute Gasteiger partial charge is 0.319 e. The van der Waals surface area contributed by atoms with E-state index in [-0.39, 0.29) is 23.8 Å². The van der Waals surface area contributed by atoms with Gasteiger partial charge in [-0.1, -0.05) is 0 Å². The molecule has 1 N–H and O–H groups in total. The van der Waals surface area contributed by atoms with E-state index in [0.717, 1.165) is 0 Å². The van der Waals surface area contributed by atoms with Gasteiger partial charge >= 0.3 is 5.97 Å². The molecule has 146 valence electrons. The van der Waals surface area contributed by atoms with Gasteiger partial charge in [0.15, 0.2) is 19.7 Å². The molecule has 0 unspecified atom stereocenters. The van der Waals surface area contributed by atoms with Gasteiger partial charge < -0.3 is 14.8 Å². The van der Waals surface area contributed by atoms with Crippen LogP contribution >= 0.6 is 0 Å². The van der Waals surface area contributed by atoms with Gasteiger partial charge in [-0.25, -0.2) is 16.8 Å². The van der Waals surface area contributed by atoms with E-state index in [4.69, 9.17) is 9.47 Å². The van der Waals surface area contributed by atoms with Crippen molar-refractivity contribution in [1.29, 1.82) is 0 Å². The number of hydrogen-bond acceptors (Lipinski definition) is 8. The Bertz CT molecular complexity index is 832. The van der Waals surface area contributed by atoms with Gasteiger partial charge in [-0.2, -0.15) is 0 Å². The Morgan fingerprint density at radius 3 is 2.38 bits per heavy atom. The maximum absolute atomic E-state index is 12.9. The number of ether oxygens (including phenoxy) is 2. The SMILES string of the molecule is CCOC(=O)CN[C@H]1CS(=O)(=O)C[C@@H]1S(=O)(=O)c1ccc(OCC)cc1. The maximum atomic E-state index is 12.9. The molecule has 1 saturated heterocycles. The third-order valence-electron chi connectivity index (χ3n) is 3.98. The van der Waals surface area contributed by atoms with E-state index in [0.29, 0.717) is 12.4 Å². The van der Waals surface area contributed by atoms with Crippen LogP contribution in [-0.4, -0.2) is 65.4 Å². The summed E-state index contributed by atoms with van der Waals surface area (Å²) in [6.07, 6.45) is 0. The standard InChI is InChI=1S/C16H23NO7S2/c1-3-23-12-5-7-13(8-6-12)26(21,22)15-11-25(19,20)10-14(15)17-9-16(18)24-4-2/h5-8,14-15,17H,3-4,9-11H2,1-2H3/t14-,15-/m0/s1. The van der Waals surface area contributed by atoms with Gasteiger partial charge in [0.2, 0.25) is 0 Å². The van der Waals surface area contributed by atoms with Crippen LogP contribution in [0.2, 0.25) is 0 Å². The molecule has 10 heteroatoms. The zero-order valence-corrected chi connectivity index (χ0v) is 16.3. The minimum Gasteiger partial charge on any atom is -0.494 e. The third kappa shape index (κ3) is 4.95. The van der Waals surface area contributed by atoms with Crippen LogP contribution in [0.15, 0.2) is 29.2 Å². The van der Waals surface area contributed by atoms with Gasteiger partial charge in [0.1, 0.15) is 5.75 Å². The van der Waals surface area contributed by atoms with Crippen LogP contribution in [0.5, 0.6) is 5.75 Å². The number of carbonyl (C=O) groups excluding carboxylic acids is 1. The molecule has 1 aliphatic heterocycles. The van der Waals surface area contributed by atoms with Crippen molar-refractivity contribution in [3.63, 3.8) is 0 Å². The lowest BCUT2D eigenvalue weighted by Gasteiger charge is -2.19. The van der Waals surface area contributed by atoms with Crippen LogP contribution in [0, 0.1) is 0 Å². The fourth-order valence-electron chi connectivity index (χ4n) is 2.81. The van der Waals surface area contributed by atoms with Crippen LogP contribution in [0.3, 0.4) is 0 Å². The fraction of sp³-hybridized carbons (Fsp3) is 0.562. The van der Waals surface area contributed by atoms with Crippen molar-refractivity contribution in [2.45, 2.75) is 30.0 Å². The number of carbonyl (C=O) groups is 1. The molecule has 0 bridgehead atoms. The maximum Gasteiger partial charge on any atom is 0.319 e. The highest BCUT2D eigenvalue weighted by Crippen LogP contribution is 2.27. The Labute approximate surface area is 153 Å². The molecule has 2 atom stereocenters. The first-order chi connectivity index (χ1) is 12.2. The molecule has 1 aliphatic rings. The van der Waals surface area contributed by atoms with Crippen molar-refractivity contribution in [2.24, 2.45) is 0 Å². The highest BCUT2D eigenvalue weighted by Gasteiger charge is 2.45. The van der Waals surface area contributed by atoms with E-state index in [1.165, 1.54) is 24.3 Å². The quantitative estimate of drug-likeness (QED) is 0.609. The molecule has 26 heavy (non-hydrogen) atoms. The first-order valence-electron chi connectivity index (χ1n) is 8.25. The zero-order valence-electron chi connectivity index (χ0n) is 14.7. The lowest BCUT2D eigenvalue weighted by atomic mass is 10.2. The predicted molar refractivity (Wildman–Crippen MR) is 95.7 cm³/mol. The first kappa shape index (κ1) is 20.7. The molecule has 1 aromatic carbocycles. The minimum atomic E-state index is -3.90. The normalized spacial score (nSPS) is 22.1. The van der Waals surface area contributed by atoms with Crippen LogP contribution in [0.4, 0.5) is 0 Å². The predicted octanol–water partition coefficient (Wildman–Crippen LogP) is 0.177. The summed E-state index contributed by atoms with van der Waals surface area (Å²) in [5.74, 6) is -0.854. The lowest BCUT2D eigenvalue weighted by molar-refractivity contribution is -0.142. The van der Waals surface area contributed by atoms with E-state index in [9.17, 15) is 21.6 Å². The second-order valence-corrected chi connectivity index (χ2v) is 10.2. The number of rotatable bonds is 8. The second kappa shape index (κ2) is 8.36. The van der Waals surface area contributed by atoms with Gasteiger partial charge in [-0.3, -0.25) is 4.79 Å². The van der Waals surface area contributed by atoms with Crippen LogP contribution in [0.25, 0.3) is 0 Å². The fourth-order valence-corrected chi connectivity index (χ4v) is 7.52. The monoisotopic (exact) mass is 405 g/mol. The average molecular weight is 405 g/mol. The largest absolute Gasteiger partial charge is 0.494 e. The number of benzene rings is 1. The van der Waals surface area contributed by atoms with Crippen molar-refractivity contribution >= 4 is 25.6 Å². The van der Waals surface area contributed by atoms with Gasteiger partial charge in [-0.15, -0.1) is 0 Å². The second-order valence-electron chi connectivity index (χ2n) is 5.86. The molecule has 0 radical (unpaired) electrons. The first-order valence-corrected chi connectivity index (χ1v) is 11.6. The Balaban J connectivity index is 2.22. The Hall–Kier alpha value is -1.65. The highest BCUT2D eigenvalue weighted by molar-refractivity contribution is 7.96. The van der Waals surface area contributed by atoms with E-state index < -0.39 is 42.7 Å². The van der Waals surface area contributed by atoms with Crippen molar-refractivity contribution in [1.82, 2.24) is 5.32 Å². The number of nitrogens with one attached hydrogen (secondary N) is 1. The highest BCUT2D eigenvalue weighted by atomic mass is 32.2. The van der Waals surface area contributed by atoms with Gasteiger partial charge in [0.25, 0.3) is 0 Å². The molecule has 1 aromatic rings. The summed E-state index contributed by atoms with van der Waals surface area (Å²) in [7, 11) is -7.43. The van der Waals surface area contributed by atoms with Crippen molar-refractivity contribution < 1.29 is 31.1 Å². The summed E-state index contributed by atoms with van der Waals surface area (Å²) < 4.78 is 59.9. The number of esters is 1. The lowest BCUT2D eigenvalue weighted by Crippen LogP contribution is -2.45. The molecule has 1 heterocycles. The van der Waals surface area contributed by atoms with Gasteiger partial charge in [-0.05, 0) is 38.1 Å². The summed E-state index contributed by atoms with van der Waals surface area (Å²) in [6, 6.07) is 4.98. The topological polar surface area (TPSA) is 116 Å². The summed E-state index contributed by atoms with van der Waals surface area (Å²) in [6.45, 7) is 3.86. The van der Waals surface area contributed by atoms with Gasteiger partial charge in [0, 0.05) is 6.04 Å². The van der Waals surface area contributed by atoms with E-state index in [1.807, 2.05) is 6.92 Å². The average Bonchev–Trinajstić information content (AvgIpc) is 2.90. The van der Waals surface area contributed by atoms with Crippen molar-refractivity contribution in [3.05, 3.63) is 24.3 Å². The molecule has 0 saturated carbocycles. The molecule has 0 amide bonds. The molecular weight excluding hydrogens is 382 g/mol. The third-order valence-corrected chi connectivity index (χ3v) is 8.14. The molecule has 8 nitrogen and oxygen atoms in total. The summed E-state index contributed by atoms with van der Waals surface area (Å²) in [5, 5.41) is 1.56. The summed E-state index contributed by atoms with van der Waals surface area (Å²) >= 11 is 0. The van der Waals surface area contributed by atoms with Crippen LogP contribution in [0.1, 0.15) is 13.8 Å². The molecule has 2 rings (SSSR count).